The van der Waals surface area contributed by atoms with E-state index in [4.69, 9.17) is 9.47 Å². The Labute approximate surface area is 140 Å². The Kier molecular flexibility index (Phi) is 4.05. The Balaban J connectivity index is 1.33. The highest BCUT2D eigenvalue weighted by atomic mass is 32.1. The van der Waals surface area contributed by atoms with E-state index >= 15 is 0 Å². The second kappa shape index (κ2) is 6.19. The van der Waals surface area contributed by atoms with Gasteiger partial charge in [0.05, 0.1) is 29.6 Å². The van der Waals surface area contributed by atoms with Crippen LogP contribution >= 0.6 is 11.3 Å². The minimum absolute atomic E-state index is 0.0131. The standard InChI is InChI=1S/C17H21N3O2S/c1-13-16(23-12-19-13)8-20-10-17(11-20)14(4-6-22-17)9-21-15-3-2-5-18-7-15/h2-3,5,7,12,14H,4,6,8-11H2,1H3/t14-/m0/s1. The van der Waals surface area contributed by atoms with Crippen LogP contribution in [0.1, 0.15) is 17.0 Å². The van der Waals surface area contributed by atoms with Crippen LogP contribution in [0.4, 0.5) is 0 Å². The molecule has 2 aliphatic rings. The summed E-state index contributed by atoms with van der Waals surface area (Å²) in [6, 6.07) is 3.86. The smallest absolute Gasteiger partial charge is 0.137 e. The lowest BCUT2D eigenvalue weighted by Gasteiger charge is -2.50. The van der Waals surface area contributed by atoms with Crippen molar-refractivity contribution in [3.8, 4) is 5.75 Å². The fraction of sp³-hybridized carbons (Fsp3) is 0.529. The molecular weight excluding hydrogens is 310 g/mol. The van der Waals surface area contributed by atoms with Gasteiger partial charge in [-0.1, -0.05) is 0 Å². The average Bonchev–Trinajstić information content (AvgIpc) is 3.13. The van der Waals surface area contributed by atoms with Crippen LogP contribution in [0.2, 0.25) is 0 Å². The van der Waals surface area contributed by atoms with Crippen molar-refractivity contribution in [3.63, 3.8) is 0 Å². The van der Waals surface area contributed by atoms with E-state index in [0.29, 0.717) is 12.5 Å². The minimum Gasteiger partial charge on any atom is -0.492 e. The third-order valence-electron chi connectivity index (χ3n) is 4.88. The highest BCUT2D eigenvalue weighted by molar-refractivity contribution is 7.09. The predicted octanol–water partition coefficient (Wildman–Crippen LogP) is 2.52. The number of aryl methyl sites for hydroxylation is 1. The van der Waals surface area contributed by atoms with Crippen LogP contribution < -0.4 is 4.74 Å². The van der Waals surface area contributed by atoms with Crippen molar-refractivity contribution in [1.29, 1.82) is 0 Å². The average molecular weight is 331 g/mol. The van der Waals surface area contributed by atoms with E-state index in [0.717, 1.165) is 44.1 Å². The summed E-state index contributed by atoms with van der Waals surface area (Å²) >= 11 is 1.74. The molecule has 2 fully saturated rings. The van der Waals surface area contributed by atoms with Crippen molar-refractivity contribution < 1.29 is 9.47 Å². The number of nitrogens with zero attached hydrogens (tertiary/aromatic N) is 3. The second-order valence-electron chi connectivity index (χ2n) is 6.40. The van der Waals surface area contributed by atoms with Gasteiger partial charge >= 0.3 is 0 Å². The van der Waals surface area contributed by atoms with Gasteiger partial charge in [0, 0.05) is 43.2 Å². The first-order valence-corrected chi connectivity index (χ1v) is 8.91. The van der Waals surface area contributed by atoms with Crippen molar-refractivity contribution in [2.45, 2.75) is 25.5 Å². The molecule has 0 unspecified atom stereocenters. The molecule has 0 N–H and O–H groups in total. The van der Waals surface area contributed by atoms with Crippen LogP contribution in [0, 0.1) is 12.8 Å². The van der Waals surface area contributed by atoms with Gasteiger partial charge in [-0.2, -0.15) is 0 Å². The van der Waals surface area contributed by atoms with Crippen LogP contribution in [0.15, 0.2) is 30.0 Å². The maximum atomic E-state index is 6.11. The number of pyridine rings is 1. The van der Waals surface area contributed by atoms with Gasteiger partial charge in [-0.3, -0.25) is 9.88 Å². The van der Waals surface area contributed by atoms with E-state index in [1.165, 1.54) is 4.88 Å². The van der Waals surface area contributed by atoms with Gasteiger partial charge in [0.2, 0.25) is 0 Å². The summed E-state index contributed by atoms with van der Waals surface area (Å²) in [6.07, 6.45) is 4.61. The third-order valence-corrected chi connectivity index (χ3v) is 5.80. The number of aromatic nitrogens is 2. The zero-order valence-electron chi connectivity index (χ0n) is 13.3. The fourth-order valence-electron chi connectivity index (χ4n) is 3.50. The van der Waals surface area contributed by atoms with Crippen molar-refractivity contribution in [1.82, 2.24) is 14.9 Å². The largest absolute Gasteiger partial charge is 0.492 e. The fourth-order valence-corrected chi connectivity index (χ4v) is 4.32. The minimum atomic E-state index is -0.0131. The summed E-state index contributed by atoms with van der Waals surface area (Å²) in [4.78, 5) is 12.2. The van der Waals surface area contributed by atoms with E-state index in [9.17, 15) is 0 Å². The van der Waals surface area contributed by atoms with Crippen LogP contribution in [0.3, 0.4) is 0 Å². The van der Waals surface area contributed by atoms with E-state index < -0.39 is 0 Å². The van der Waals surface area contributed by atoms with Gasteiger partial charge in [0.15, 0.2) is 0 Å². The molecule has 1 atom stereocenters. The van der Waals surface area contributed by atoms with Crippen molar-refractivity contribution in [2.24, 2.45) is 5.92 Å². The molecule has 1 spiro atoms. The summed E-state index contributed by atoms with van der Waals surface area (Å²) in [7, 11) is 0. The molecule has 122 valence electrons. The normalized spacial score (nSPS) is 23.1. The molecule has 0 aromatic carbocycles. The van der Waals surface area contributed by atoms with Gasteiger partial charge in [-0.15, -0.1) is 11.3 Å². The molecule has 0 aliphatic carbocycles. The number of hydrogen-bond acceptors (Lipinski definition) is 6. The highest BCUT2D eigenvalue weighted by Crippen LogP contribution is 2.41. The number of likely N-dealkylation sites (tertiary alicyclic amines) is 1. The maximum Gasteiger partial charge on any atom is 0.137 e. The Hall–Kier alpha value is -1.50. The molecule has 2 aliphatic heterocycles. The number of ether oxygens (including phenoxy) is 2. The first-order chi connectivity index (χ1) is 11.3. The lowest BCUT2D eigenvalue weighted by Crippen LogP contribution is -2.64. The lowest BCUT2D eigenvalue weighted by atomic mass is 9.81. The van der Waals surface area contributed by atoms with Crippen LogP contribution in [0.25, 0.3) is 0 Å². The molecular formula is C17H21N3O2S. The quantitative estimate of drug-likeness (QED) is 0.842. The third kappa shape index (κ3) is 2.98. The Morgan fingerprint density at radius 3 is 3.13 bits per heavy atom. The molecule has 2 aromatic rings. The van der Waals surface area contributed by atoms with Gasteiger partial charge in [-0.05, 0) is 25.5 Å². The van der Waals surface area contributed by atoms with Crippen LogP contribution in [-0.4, -0.2) is 46.8 Å². The van der Waals surface area contributed by atoms with Crippen molar-refractivity contribution in [3.05, 3.63) is 40.6 Å². The molecule has 4 rings (SSSR count). The Morgan fingerprint density at radius 2 is 2.39 bits per heavy atom. The molecule has 0 radical (unpaired) electrons. The zero-order valence-corrected chi connectivity index (χ0v) is 14.1. The molecule has 5 nitrogen and oxygen atoms in total. The number of hydrogen-bond donors (Lipinski definition) is 0. The Bertz CT molecular complexity index is 655. The maximum absolute atomic E-state index is 6.11. The predicted molar refractivity (Wildman–Crippen MR) is 88.7 cm³/mol. The van der Waals surface area contributed by atoms with Crippen molar-refractivity contribution in [2.75, 3.05) is 26.3 Å². The first-order valence-electron chi connectivity index (χ1n) is 8.03. The lowest BCUT2D eigenvalue weighted by molar-refractivity contribution is -0.140. The molecule has 6 heteroatoms. The molecule has 4 heterocycles. The first kappa shape index (κ1) is 15.1. The van der Waals surface area contributed by atoms with Crippen LogP contribution in [0.5, 0.6) is 5.75 Å². The molecule has 0 amide bonds. The second-order valence-corrected chi connectivity index (χ2v) is 7.34. The zero-order chi connectivity index (χ0) is 15.7. The van der Waals surface area contributed by atoms with Gasteiger partial charge in [0.25, 0.3) is 0 Å². The highest BCUT2D eigenvalue weighted by Gasteiger charge is 2.53. The van der Waals surface area contributed by atoms with Crippen LogP contribution in [-0.2, 0) is 11.3 Å². The molecule has 0 bridgehead atoms. The number of rotatable bonds is 5. The Morgan fingerprint density at radius 1 is 1.48 bits per heavy atom. The molecule has 0 saturated carbocycles. The van der Waals surface area contributed by atoms with Gasteiger partial charge < -0.3 is 9.47 Å². The summed E-state index contributed by atoms with van der Waals surface area (Å²) in [6.45, 7) is 6.60. The number of thiazole rings is 1. The van der Waals surface area contributed by atoms with E-state index in [2.05, 4.69) is 21.8 Å². The summed E-state index contributed by atoms with van der Waals surface area (Å²) in [5, 5.41) is 0. The van der Waals surface area contributed by atoms with Gasteiger partial charge in [-0.25, -0.2) is 4.98 Å². The summed E-state index contributed by atoms with van der Waals surface area (Å²) in [5.74, 6) is 1.30. The van der Waals surface area contributed by atoms with E-state index in [-0.39, 0.29) is 5.60 Å². The molecule has 2 saturated heterocycles. The summed E-state index contributed by atoms with van der Waals surface area (Å²) < 4.78 is 12.0. The van der Waals surface area contributed by atoms with E-state index in [1.807, 2.05) is 17.6 Å². The van der Waals surface area contributed by atoms with Gasteiger partial charge in [0.1, 0.15) is 5.75 Å². The van der Waals surface area contributed by atoms with E-state index in [1.54, 1.807) is 23.7 Å². The molecule has 23 heavy (non-hydrogen) atoms. The summed E-state index contributed by atoms with van der Waals surface area (Å²) in [5.41, 5.74) is 3.07. The SMILES string of the molecule is Cc1ncsc1CN1CC2(C1)OCC[C@H]2COc1cccnc1. The monoisotopic (exact) mass is 331 g/mol. The van der Waals surface area contributed by atoms with Crippen molar-refractivity contribution >= 4 is 11.3 Å². The molecule has 2 aromatic heterocycles. The topological polar surface area (TPSA) is 47.5 Å².